The fourth-order valence-electron chi connectivity index (χ4n) is 2.91. The Bertz CT molecular complexity index is 489. The predicted molar refractivity (Wildman–Crippen MR) is 79.3 cm³/mol. The lowest BCUT2D eigenvalue weighted by molar-refractivity contribution is 0.228. The standard InChI is InChI=1S/C14H23N5O/c20-14-11-13(18-5-1-2-6-18)12-16-19(14)10-9-17-7-3-15-4-8-17/h11-12,15H,1-10H2. The van der Waals surface area contributed by atoms with Gasteiger partial charge in [0, 0.05) is 51.9 Å². The van der Waals surface area contributed by atoms with Gasteiger partial charge in [0.15, 0.2) is 0 Å². The second kappa shape index (κ2) is 6.37. The summed E-state index contributed by atoms with van der Waals surface area (Å²) >= 11 is 0. The third-order valence-electron chi connectivity index (χ3n) is 4.16. The molecule has 2 aliphatic heterocycles. The Morgan fingerprint density at radius 2 is 1.85 bits per heavy atom. The first-order chi connectivity index (χ1) is 9.83. The summed E-state index contributed by atoms with van der Waals surface area (Å²) in [5, 5.41) is 7.66. The summed E-state index contributed by atoms with van der Waals surface area (Å²) in [6.45, 7) is 7.86. The van der Waals surface area contributed by atoms with E-state index in [1.807, 2.05) is 6.20 Å². The van der Waals surface area contributed by atoms with Crippen molar-refractivity contribution < 1.29 is 0 Å². The molecule has 0 aromatic carbocycles. The van der Waals surface area contributed by atoms with E-state index >= 15 is 0 Å². The summed E-state index contributed by atoms with van der Waals surface area (Å²) in [4.78, 5) is 16.7. The number of rotatable bonds is 4. The van der Waals surface area contributed by atoms with Gasteiger partial charge in [0.05, 0.1) is 18.4 Å². The lowest BCUT2D eigenvalue weighted by Crippen LogP contribution is -2.45. The molecule has 0 aliphatic carbocycles. The third-order valence-corrected chi connectivity index (χ3v) is 4.16. The lowest BCUT2D eigenvalue weighted by atomic mass is 10.3. The number of anilines is 1. The van der Waals surface area contributed by atoms with E-state index in [0.717, 1.165) is 51.5 Å². The smallest absolute Gasteiger partial charge is 0.268 e. The monoisotopic (exact) mass is 277 g/mol. The fourth-order valence-corrected chi connectivity index (χ4v) is 2.91. The minimum absolute atomic E-state index is 0.0181. The average Bonchev–Trinajstić information content (AvgIpc) is 3.01. The number of piperazine rings is 1. The van der Waals surface area contributed by atoms with E-state index in [1.54, 1.807) is 10.7 Å². The van der Waals surface area contributed by atoms with E-state index in [-0.39, 0.29) is 5.56 Å². The van der Waals surface area contributed by atoms with E-state index in [4.69, 9.17) is 0 Å². The maximum atomic E-state index is 12.1. The Kier molecular flexibility index (Phi) is 4.32. The molecule has 2 saturated heterocycles. The molecule has 0 atom stereocenters. The largest absolute Gasteiger partial charge is 0.370 e. The highest BCUT2D eigenvalue weighted by Gasteiger charge is 2.14. The van der Waals surface area contributed by atoms with Gasteiger partial charge in [-0.3, -0.25) is 9.69 Å². The third kappa shape index (κ3) is 3.19. The van der Waals surface area contributed by atoms with Crippen molar-refractivity contribution in [1.29, 1.82) is 0 Å². The molecule has 0 saturated carbocycles. The van der Waals surface area contributed by atoms with Gasteiger partial charge in [-0.2, -0.15) is 5.10 Å². The Balaban J connectivity index is 1.60. The summed E-state index contributed by atoms with van der Waals surface area (Å²) in [6, 6.07) is 1.73. The van der Waals surface area contributed by atoms with Gasteiger partial charge in [0.25, 0.3) is 5.56 Å². The maximum Gasteiger partial charge on any atom is 0.268 e. The molecule has 3 heterocycles. The molecule has 0 bridgehead atoms. The lowest BCUT2D eigenvalue weighted by Gasteiger charge is -2.27. The van der Waals surface area contributed by atoms with Crippen molar-refractivity contribution in [2.75, 3.05) is 50.7 Å². The Hall–Kier alpha value is -1.40. The van der Waals surface area contributed by atoms with Gasteiger partial charge in [-0.05, 0) is 12.8 Å². The molecule has 110 valence electrons. The van der Waals surface area contributed by atoms with Gasteiger partial charge in [0.2, 0.25) is 0 Å². The molecule has 2 aliphatic rings. The van der Waals surface area contributed by atoms with E-state index in [0.29, 0.717) is 6.54 Å². The minimum atomic E-state index is 0.0181. The van der Waals surface area contributed by atoms with Crippen molar-refractivity contribution in [3.8, 4) is 0 Å². The molecule has 0 unspecified atom stereocenters. The molecule has 6 heteroatoms. The van der Waals surface area contributed by atoms with Gasteiger partial charge in [-0.25, -0.2) is 4.68 Å². The highest BCUT2D eigenvalue weighted by Crippen LogP contribution is 2.16. The molecule has 0 amide bonds. The highest BCUT2D eigenvalue weighted by molar-refractivity contribution is 5.43. The molecule has 6 nitrogen and oxygen atoms in total. The number of nitrogens with zero attached hydrogens (tertiary/aromatic N) is 4. The zero-order chi connectivity index (χ0) is 13.8. The van der Waals surface area contributed by atoms with Crippen molar-refractivity contribution in [3.05, 3.63) is 22.6 Å². The van der Waals surface area contributed by atoms with Crippen LogP contribution in [0.15, 0.2) is 17.1 Å². The first-order valence-electron chi connectivity index (χ1n) is 7.58. The van der Waals surface area contributed by atoms with Crippen molar-refractivity contribution in [2.45, 2.75) is 19.4 Å². The summed E-state index contributed by atoms with van der Waals surface area (Å²) in [5.41, 5.74) is 0.996. The molecule has 1 aromatic rings. The van der Waals surface area contributed by atoms with Crippen LogP contribution in [-0.4, -0.2) is 60.5 Å². The molecule has 2 fully saturated rings. The van der Waals surface area contributed by atoms with Crippen LogP contribution in [0.2, 0.25) is 0 Å². The van der Waals surface area contributed by atoms with Crippen molar-refractivity contribution in [3.63, 3.8) is 0 Å². The first-order valence-corrected chi connectivity index (χ1v) is 7.58. The predicted octanol–water partition coefficient (Wildman–Crippen LogP) is -0.251. The van der Waals surface area contributed by atoms with E-state index in [2.05, 4.69) is 20.2 Å². The average molecular weight is 277 g/mol. The van der Waals surface area contributed by atoms with Crippen molar-refractivity contribution in [2.24, 2.45) is 0 Å². The fraction of sp³-hybridized carbons (Fsp3) is 0.714. The van der Waals surface area contributed by atoms with Crippen LogP contribution in [0, 0.1) is 0 Å². The molecular formula is C14H23N5O. The zero-order valence-electron chi connectivity index (χ0n) is 11.9. The summed E-state index contributed by atoms with van der Waals surface area (Å²) in [6.07, 6.45) is 4.27. The Morgan fingerprint density at radius 3 is 2.55 bits per heavy atom. The second-order valence-corrected chi connectivity index (χ2v) is 5.56. The summed E-state index contributed by atoms with van der Waals surface area (Å²) in [5.74, 6) is 0. The van der Waals surface area contributed by atoms with Crippen LogP contribution < -0.4 is 15.8 Å². The SMILES string of the molecule is O=c1cc(N2CCCC2)cnn1CCN1CCNCC1. The van der Waals surface area contributed by atoms with E-state index in [9.17, 15) is 4.79 Å². The molecule has 3 rings (SSSR count). The van der Waals surface area contributed by atoms with Crippen LogP contribution in [0.25, 0.3) is 0 Å². The maximum absolute atomic E-state index is 12.1. The Morgan fingerprint density at radius 1 is 1.10 bits per heavy atom. The molecule has 20 heavy (non-hydrogen) atoms. The summed E-state index contributed by atoms with van der Waals surface area (Å²) in [7, 11) is 0. The van der Waals surface area contributed by atoms with Gasteiger partial charge >= 0.3 is 0 Å². The van der Waals surface area contributed by atoms with Gasteiger partial charge < -0.3 is 10.2 Å². The van der Waals surface area contributed by atoms with Crippen LogP contribution in [0.3, 0.4) is 0 Å². The number of aromatic nitrogens is 2. The second-order valence-electron chi connectivity index (χ2n) is 5.56. The molecular weight excluding hydrogens is 254 g/mol. The van der Waals surface area contributed by atoms with Crippen LogP contribution in [0.4, 0.5) is 5.69 Å². The molecule has 0 radical (unpaired) electrons. The van der Waals surface area contributed by atoms with Gasteiger partial charge in [-0.15, -0.1) is 0 Å². The van der Waals surface area contributed by atoms with Crippen molar-refractivity contribution in [1.82, 2.24) is 20.0 Å². The van der Waals surface area contributed by atoms with Crippen LogP contribution in [0.5, 0.6) is 0 Å². The quantitative estimate of drug-likeness (QED) is 0.822. The van der Waals surface area contributed by atoms with E-state index in [1.165, 1.54) is 12.8 Å². The normalized spacial score (nSPS) is 20.5. The highest BCUT2D eigenvalue weighted by atomic mass is 16.1. The van der Waals surface area contributed by atoms with Gasteiger partial charge in [-0.1, -0.05) is 0 Å². The van der Waals surface area contributed by atoms with Crippen LogP contribution in [0.1, 0.15) is 12.8 Å². The number of hydrogen-bond donors (Lipinski definition) is 1. The van der Waals surface area contributed by atoms with Crippen LogP contribution >= 0.6 is 0 Å². The molecule has 1 aromatic heterocycles. The number of hydrogen-bond acceptors (Lipinski definition) is 5. The molecule has 0 spiro atoms. The van der Waals surface area contributed by atoms with Crippen molar-refractivity contribution >= 4 is 5.69 Å². The first kappa shape index (κ1) is 13.6. The molecule has 1 N–H and O–H groups in total. The number of nitrogens with one attached hydrogen (secondary N) is 1. The van der Waals surface area contributed by atoms with Gasteiger partial charge in [0.1, 0.15) is 0 Å². The van der Waals surface area contributed by atoms with Crippen LogP contribution in [-0.2, 0) is 6.54 Å². The summed E-state index contributed by atoms with van der Waals surface area (Å²) < 4.78 is 1.58. The minimum Gasteiger partial charge on any atom is -0.370 e. The Labute approximate surface area is 119 Å². The zero-order valence-corrected chi connectivity index (χ0v) is 11.9. The topological polar surface area (TPSA) is 53.4 Å². The van der Waals surface area contributed by atoms with E-state index < -0.39 is 0 Å².